The molecule has 5 atom stereocenters. The predicted molar refractivity (Wildman–Crippen MR) is 120 cm³/mol. The van der Waals surface area contributed by atoms with Gasteiger partial charge in [0.15, 0.2) is 5.40 Å². The van der Waals surface area contributed by atoms with Crippen LogP contribution in [0.25, 0.3) is 0 Å². The van der Waals surface area contributed by atoms with E-state index < -0.39 is 20.6 Å². The van der Waals surface area contributed by atoms with E-state index in [2.05, 4.69) is 13.0 Å². The van der Waals surface area contributed by atoms with Gasteiger partial charge < -0.3 is 29.4 Å². The van der Waals surface area contributed by atoms with Crippen molar-refractivity contribution in [2.45, 2.75) is 75.7 Å². The van der Waals surface area contributed by atoms with Gasteiger partial charge in [-0.3, -0.25) is 9.13 Å². The van der Waals surface area contributed by atoms with Crippen LogP contribution < -0.4 is 4.74 Å². The van der Waals surface area contributed by atoms with E-state index in [4.69, 9.17) is 4.74 Å². The summed E-state index contributed by atoms with van der Waals surface area (Å²) in [6.07, 6.45) is 5.89. The average Bonchev–Trinajstić information content (AvgIpc) is 3.00. The van der Waals surface area contributed by atoms with Crippen LogP contribution in [0.3, 0.4) is 0 Å². The van der Waals surface area contributed by atoms with E-state index in [1.54, 1.807) is 0 Å². The summed E-state index contributed by atoms with van der Waals surface area (Å²) in [5, 5.41) is 8.55. The van der Waals surface area contributed by atoms with Crippen molar-refractivity contribution in [2.24, 2.45) is 17.3 Å². The van der Waals surface area contributed by atoms with E-state index in [1.165, 1.54) is 11.1 Å². The topological polar surface area (TPSA) is 145 Å². The normalized spacial score (nSPS) is 32.3. The Bertz CT molecular complexity index is 918. The number of hydrogen-bond acceptors (Lipinski definition) is 4. The highest BCUT2D eigenvalue weighted by atomic mass is 31.2. The fourth-order valence-corrected chi connectivity index (χ4v) is 9.21. The third-order valence-corrected chi connectivity index (χ3v) is 12.2. The largest absolute Gasteiger partial charge is 0.494 e. The van der Waals surface area contributed by atoms with E-state index in [0.29, 0.717) is 23.5 Å². The summed E-state index contributed by atoms with van der Waals surface area (Å²) in [4.78, 5) is 36.8. The summed E-state index contributed by atoms with van der Waals surface area (Å²) in [5.74, 6) is 2.38. The first-order valence-corrected chi connectivity index (χ1v) is 14.8. The molecule has 1 unspecified atom stereocenters. The van der Waals surface area contributed by atoms with E-state index in [0.717, 1.165) is 38.5 Å². The average molecular weight is 488 g/mol. The smallest absolute Gasteiger partial charge is 0.340 e. The Hall–Kier alpha value is -0.720. The molecule has 4 rings (SSSR count). The minimum Gasteiger partial charge on any atom is -0.494 e. The SMILES string of the molecule is C[C@]12CC[C@@H]3c4ccc(OCCCC(P(=O)(O)O)P(=O)(O)O)cc4CC[C@H]3[C@@H]1CCC2O. The fourth-order valence-electron chi connectivity index (χ4n) is 6.61. The van der Waals surface area contributed by atoms with Crippen molar-refractivity contribution in [3.05, 3.63) is 29.3 Å². The second-order valence-corrected chi connectivity index (χ2v) is 14.1. The Morgan fingerprint density at radius 2 is 1.81 bits per heavy atom. The first-order valence-electron chi connectivity index (χ1n) is 11.5. The molecule has 5 N–H and O–H groups in total. The maximum Gasteiger partial charge on any atom is 0.340 e. The van der Waals surface area contributed by atoms with Gasteiger partial charge in [0.2, 0.25) is 0 Å². The number of aryl methyl sites for hydroxylation is 1. The Labute approximate surface area is 188 Å². The molecule has 0 aliphatic heterocycles. The number of aliphatic hydroxyl groups is 1. The van der Waals surface area contributed by atoms with Crippen LogP contribution in [-0.2, 0) is 15.6 Å². The quantitative estimate of drug-likeness (QED) is 0.288. The third-order valence-electron chi connectivity index (χ3n) is 8.30. The second-order valence-electron chi connectivity index (χ2n) is 10.1. The van der Waals surface area contributed by atoms with Crippen molar-refractivity contribution >= 4 is 15.2 Å². The van der Waals surface area contributed by atoms with Crippen LogP contribution >= 0.6 is 15.2 Å². The highest BCUT2D eigenvalue weighted by Gasteiger charge is 2.54. The highest BCUT2D eigenvalue weighted by Crippen LogP contribution is 2.62. The summed E-state index contributed by atoms with van der Waals surface area (Å²) in [6.45, 7) is 2.39. The number of fused-ring (bicyclic) bond motifs is 5. The van der Waals surface area contributed by atoms with Gasteiger partial charge in [-0.2, -0.15) is 0 Å². The summed E-state index contributed by atoms with van der Waals surface area (Å²) < 4.78 is 28.5. The number of rotatable bonds is 7. The van der Waals surface area contributed by atoms with E-state index >= 15 is 0 Å². The van der Waals surface area contributed by atoms with Gasteiger partial charge in [-0.25, -0.2) is 0 Å². The van der Waals surface area contributed by atoms with Crippen LogP contribution in [0.2, 0.25) is 0 Å². The van der Waals surface area contributed by atoms with Crippen LogP contribution in [-0.4, -0.2) is 42.8 Å². The van der Waals surface area contributed by atoms with Crippen LogP contribution in [0.5, 0.6) is 5.75 Å². The van der Waals surface area contributed by atoms with Crippen molar-refractivity contribution in [3.8, 4) is 5.75 Å². The minimum absolute atomic E-state index is 0.0553. The van der Waals surface area contributed by atoms with Crippen molar-refractivity contribution in [1.29, 1.82) is 0 Å². The summed E-state index contributed by atoms with van der Waals surface area (Å²) in [6, 6.07) is 6.08. The zero-order valence-corrected chi connectivity index (χ0v) is 20.1. The Morgan fingerprint density at radius 1 is 1.09 bits per heavy atom. The van der Waals surface area contributed by atoms with Gasteiger partial charge in [0.05, 0.1) is 12.7 Å². The van der Waals surface area contributed by atoms with Crippen LogP contribution in [0, 0.1) is 17.3 Å². The molecule has 3 aliphatic carbocycles. The van der Waals surface area contributed by atoms with Crippen LogP contribution in [0.15, 0.2) is 18.2 Å². The highest BCUT2D eigenvalue weighted by molar-refractivity contribution is 7.70. The molecule has 0 amide bonds. The van der Waals surface area contributed by atoms with Crippen LogP contribution in [0.4, 0.5) is 0 Å². The van der Waals surface area contributed by atoms with Gasteiger partial charge in [0.25, 0.3) is 0 Å². The molecule has 0 saturated heterocycles. The summed E-state index contributed by atoms with van der Waals surface area (Å²) >= 11 is 0. The van der Waals surface area contributed by atoms with Crippen molar-refractivity contribution in [3.63, 3.8) is 0 Å². The second kappa shape index (κ2) is 8.81. The van der Waals surface area contributed by atoms with Crippen molar-refractivity contribution in [1.82, 2.24) is 0 Å². The van der Waals surface area contributed by atoms with Gasteiger partial charge in [0, 0.05) is 0 Å². The molecule has 0 bridgehead atoms. The lowest BCUT2D eigenvalue weighted by molar-refractivity contribution is -0.0226. The van der Waals surface area contributed by atoms with E-state index in [-0.39, 0.29) is 31.0 Å². The number of hydrogen-bond donors (Lipinski definition) is 5. The molecule has 3 aliphatic rings. The molecule has 2 saturated carbocycles. The maximum atomic E-state index is 11.4. The molecule has 2 fully saturated rings. The molecule has 0 heterocycles. The predicted octanol–water partition coefficient (Wildman–Crippen LogP) is 3.74. The van der Waals surface area contributed by atoms with Crippen molar-refractivity contribution < 1.29 is 38.5 Å². The first kappa shape index (κ1) is 24.4. The minimum atomic E-state index is -4.89. The van der Waals surface area contributed by atoms with E-state index in [1.807, 2.05) is 12.1 Å². The molecular formula is C22H34O8P2. The molecule has 8 nitrogen and oxygen atoms in total. The lowest BCUT2D eigenvalue weighted by Crippen LogP contribution is -2.43. The molecule has 0 aromatic heterocycles. The van der Waals surface area contributed by atoms with Gasteiger partial charge >= 0.3 is 15.2 Å². The standard InChI is InChI=1S/C22H34O8P2/c1-22-11-10-17-16-7-5-15(30-12-2-3-21(31(24,25)26)32(27,28)29)13-14(16)4-6-18(17)19(22)8-9-20(22)23/h5,7,13,17-21,23H,2-4,6,8-12H2,1H3,(H2,24,25,26)(H2,27,28,29)/t17-,18-,19+,20?,22+/m1/s1. The van der Waals surface area contributed by atoms with Crippen LogP contribution in [0.1, 0.15) is 68.9 Å². The molecule has 180 valence electrons. The molecule has 1 aromatic rings. The molecule has 32 heavy (non-hydrogen) atoms. The lowest BCUT2D eigenvalue weighted by Gasteiger charge is -2.50. The molecule has 10 heteroatoms. The van der Waals surface area contributed by atoms with Gasteiger partial charge in [0.1, 0.15) is 5.75 Å². The molecule has 1 aromatic carbocycles. The number of benzene rings is 1. The zero-order chi connectivity index (χ0) is 23.3. The molecule has 0 spiro atoms. The zero-order valence-electron chi connectivity index (χ0n) is 18.3. The Morgan fingerprint density at radius 3 is 2.50 bits per heavy atom. The van der Waals surface area contributed by atoms with Crippen molar-refractivity contribution in [2.75, 3.05) is 6.61 Å². The monoisotopic (exact) mass is 488 g/mol. The Balaban J connectivity index is 1.38. The summed E-state index contributed by atoms with van der Waals surface area (Å²) in [5.41, 5.74) is 2.70. The first-order chi connectivity index (χ1) is 14.9. The third kappa shape index (κ3) is 4.61. The molecule has 0 radical (unpaired) electrons. The van der Waals surface area contributed by atoms with E-state index in [9.17, 15) is 33.8 Å². The Kier molecular flexibility index (Phi) is 6.72. The van der Waals surface area contributed by atoms with Gasteiger partial charge in [-0.15, -0.1) is 0 Å². The number of aliphatic hydroxyl groups excluding tert-OH is 1. The molecular weight excluding hydrogens is 454 g/mol. The summed E-state index contributed by atoms with van der Waals surface area (Å²) in [7, 11) is -9.78. The van der Waals surface area contributed by atoms with Gasteiger partial charge in [-0.1, -0.05) is 13.0 Å². The lowest BCUT2D eigenvalue weighted by atomic mass is 9.55. The number of ether oxygens (including phenoxy) is 1. The van der Waals surface area contributed by atoms with Gasteiger partial charge in [-0.05, 0) is 97.8 Å². The fraction of sp³-hybridized carbons (Fsp3) is 0.727. The maximum absolute atomic E-state index is 11.4.